The molecule has 0 bridgehead atoms. The van der Waals surface area contributed by atoms with Crippen LogP contribution in [0.5, 0.6) is 0 Å². The van der Waals surface area contributed by atoms with Crippen molar-refractivity contribution >= 4 is 28.6 Å². The first-order chi connectivity index (χ1) is 11.1. The number of thiazole rings is 1. The number of hydrogen-bond donors (Lipinski definition) is 0. The van der Waals surface area contributed by atoms with E-state index in [0.717, 1.165) is 49.1 Å². The number of carbonyl (C=O) groups excluding carboxylic acids is 1. The predicted octanol–water partition coefficient (Wildman–Crippen LogP) is 3.21. The van der Waals surface area contributed by atoms with Gasteiger partial charge < -0.3 is 9.80 Å². The van der Waals surface area contributed by atoms with Crippen LogP contribution >= 0.6 is 22.7 Å². The topological polar surface area (TPSA) is 36.4 Å². The molecule has 1 saturated heterocycles. The number of likely N-dealkylation sites (tertiary alicyclic amines) is 1. The van der Waals surface area contributed by atoms with Gasteiger partial charge >= 0.3 is 0 Å². The highest BCUT2D eigenvalue weighted by Gasteiger charge is 2.23. The summed E-state index contributed by atoms with van der Waals surface area (Å²) in [5.74, 6) is 0.940. The number of aromatic nitrogens is 1. The zero-order valence-corrected chi connectivity index (χ0v) is 15.3. The van der Waals surface area contributed by atoms with Crippen LogP contribution in [0.1, 0.15) is 18.5 Å². The van der Waals surface area contributed by atoms with Crippen LogP contribution in [0.4, 0.5) is 0 Å². The summed E-state index contributed by atoms with van der Waals surface area (Å²) in [6, 6.07) is 4.11. The van der Waals surface area contributed by atoms with Crippen LogP contribution in [0, 0.1) is 5.92 Å². The molecule has 0 atom stereocenters. The largest absolute Gasteiger partial charge is 0.342 e. The number of carbonyl (C=O) groups is 1. The van der Waals surface area contributed by atoms with Crippen molar-refractivity contribution in [3.8, 4) is 9.88 Å². The van der Waals surface area contributed by atoms with Crippen molar-refractivity contribution in [1.29, 1.82) is 0 Å². The SMILES string of the molecule is CN(C)CC1CCN(C(=O)Cc2csc(-c3cccs3)n2)CC1. The van der Waals surface area contributed by atoms with E-state index in [1.807, 2.05) is 16.3 Å². The third-order valence-corrected chi connectivity index (χ3v) is 6.14. The molecule has 0 aromatic carbocycles. The van der Waals surface area contributed by atoms with Crippen LogP contribution in [0.15, 0.2) is 22.9 Å². The van der Waals surface area contributed by atoms with Gasteiger partial charge in [0.1, 0.15) is 5.01 Å². The molecule has 1 fully saturated rings. The molecule has 3 rings (SSSR count). The second-order valence-corrected chi connectivity index (χ2v) is 8.19. The Morgan fingerprint density at radius 2 is 2.13 bits per heavy atom. The van der Waals surface area contributed by atoms with Gasteiger partial charge in [-0.25, -0.2) is 4.98 Å². The van der Waals surface area contributed by atoms with Crippen LogP contribution in [0.3, 0.4) is 0 Å². The number of thiophene rings is 1. The third-order valence-electron chi connectivity index (χ3n) is 4.21. The summed E-state index contributed by atoms with van der Waals surface area (Å²) in [6.07, 6.45) is 2.66. The van der Waals surface area contributed by atoms with Crippen molar-refractivity contribution in [3.63, 3.8) is 0 Å². The van der Waals surface area contributed by atoms with E-state index in [2.05, 4.69) is 35.4 Å². The number of hydrogen-bond acceptors (Lipinski definition) is 5. The number of piperidine rings is 1. The van der Waals surface area contributed by atoms with E-state index in [-0.39, 0.29) is 5.91 Å². The minimum absolute atomic E-state index is 0.219. The molecule has 0 spiro atoms. The average Bonchev–Trinajstić information content (AvgIpc) is 3.18. The maximum absolute atomic E-state index is 12.5. The second-order valence-electron chi connectivity index (χ2n) is 6.38. The predicted molar refractivity (Wildman–Crippen MR) is 97.0 cm³/mol. The highest BCUT2D eigenvalue weighted by Crippen LogP contribution is 2.28. The van der Waals surface area contributed by atoms with Crippen molar-refractivity contribution in [3.05, 3.63) is 28.6 Å². The Bertz CT molecular complexity index is 628. The lowest BCUT2D eigenvalue weighted by atomic mass is 9.96. The molecule has 23 heavy (non-hydrogen) atoms. The molecule has 0 N–H and O–H groups in total. The average molecular weight is 350 g/mol. The molecule has 3 heterocycles. The molecule has 0 radical (unpaired) electrons. The fourth-order valence-electron chi connectivity index (χ4n) is 3.05. The summed E-state index contributed by atoms with van der Waals surface area (Å²) in [5.41, 5.74) is 0.902. The van der Waals surface area contributed by atoms with Crippen LogP contribution in [-0.4, -0.2) is 54.4 Å². The highest BCUT2D eigenvalue weighted by atomic mass is 32.1. The molecular formula is C17H23N3OS2. The van der Waals surface area contributed by atoms with Crippen LogP contribution < -0.4 is 0 Å². The molecular weight excluding hydrogens is 326 g/mol. The van der Waals surface area contributed by atoms with E-state index in [4.69, 9.17) is 0 Å². The Kier molecular flexibility index (Phi) is 5.46. The van der Waals surface area contributed by atoms with Crippen molar-refractivity contribution in [2.45, 2.75) is 19.3 Å². The summed E-state index contributed by atoms with van der Waals surface area (Å²) in [5, 5.41) is 5.10. The standard InChI is InChI=1S/C17H23N3OS2/c1-19(2)11-13-5-7-20(8-6-13)16(21)10-14-12-23-17(18-14)15-4-3-9-22-15/h3-4,9,12-13H,5-8,10-11H2,1-2H3. The Morgan fingerprint density at radius 1 is 1.35 bits per heavy atom. The summed E-state index contributed by atoms with van der Waals surface area (Å²) in [6.45, 7) is 2.90. The molecule has 2 aromatic rings. The van der Waals surface area contributed by atoms with Crippen molar-refractivity contribution in [2.24, 2.45) is 5.92 Å². The molecule has 124 valence electrons. The first kappa shape index (κ1) is 16.6. The zero-order chi connectivity index (χ0) is 16.2. The Balaban J connectivity index is 1.52. The molecule has 1 amide bonds. The second kappa shape index (κ2) is 7.55. The zero-order valence-electron chi connectivity index (χ0n) is 13.7. The van der Waals surface area contributed by atoms with E-state index in [9.17, 15) is 4.79 Å². The van der Waals surface area contributed by atoms with Gasteiger partial charge in [0.05, 0.1) is 17.0 Å². The van der Waals surface area contributed by atoms with Crippen LogP contribution in [-0.2, 0) is 11.2 Å². The van der Waals surface area contributed by atoms with Gasteiger partial charge in [-0.15, -0.1) is 22.7 Å². The summed E-state index contributed by atoms with van der Waals surface area (Å²) >= 11 is 3.32. The minimum atomic E-state index is 0.219. The summed E-state index contributed by atoms with van der Waals surface area (Å²) in [7, 11) is 4.23. The van der Waals surface area contributed by atoms with Gasteiger partial charge in [0.2, 0.25) is 5.91 Å². The van der Waals surface area contributed by atoms with Gasteiger partial charge in [0, 0.05) is 25.0 Å². The van der Waals surface area contributed by atoms with Crippen molar-refractivity contribution in [1.82, 2.24) is 14.8 Å². The van der Waals surface area contributed by atoms with E-state index >= 15 is 0 Å². The van der Waals surface area contributed by atoms with E-state index in [1.165, 1.54) is 4.88 Å². The summed E-state index contributed by atoms with van der Waals surface area (Å²) < 4.78 is 0. The van der Waals surface area contributed by atoms with E-state index in [0.29, 0.717) is 6.42 Å². The van der Waals surface area contributed by atoms with Crippen LogP contribution in [0.2, 0.25) is 0 Å². The molecule has 0 unspecified atom stereocenters. The van der Waals surface area contributed by atoms with Gasteiger partial charge in [0.25, 0.3) is 0 Å². The quantitative estimate of drug-likeness (QED) is 0.832. The first-order valence-electron chi connectivity index (χ1n) is 8.02. The number of rotatable bonds is 5. The highest BCUT2D eigenvalue weighted by molar-refractivity contribution is 7.20. The van der Waals surface area contributed by atoms with E-state index in [1.54, 1.807) is 22.7 Å². The molecule has 0 saturated carbocycles. The Morgan fingerprint density at radius 3 is 2.78 bits per heavy atom. The maximum Gasteiger partial charge on any atom is 0.228 e. The van der Waals surface area contributed by atoms with Crippen molar-refractivity contribution in [2.75, 3.05) is 33.7 Å². The maximum atomic E-state index is 12.5. The van der Waals surface area contributed by atoms with Gasteiger partial charge in [-0.05, 0) is 44.3 Å². The minimum Gasteiger partial charge on any atom is -0.342 e. The smallest absolute Gasteiger partial charge is 0.228 e. The molecule has 2 aromatic heterocycles. The van der Waals surface area contributed by atoms with Gasteiger partial charge in [0.15, 0.2) is 0 Å². The van der Waals surface area contributed by atoms with Crippen LogP contribution in [0.25, 0.3) is 9.88 Å². The lowest BCUT2D eigenvalue weighted by molar-refractivity contribution is -0.131. The lowest BCUT2D eigenvalue weighted by Crippen LogP contribution is -2.41. The lowest BCUT2D eigenvalue weighted by Gasteiger charge is -2.33. The van der Waals surface area contributed by atoms with Gasteiger partial charge in [-0.1, -0.05) is 6.07 Å². The first-order valence-corrected chi connectivity index (χ1v) is 9.78. The Labute approximate surface area is 145 Å². The summed E-state index contributed by atoms with van der Waals surface area (Å²) in [4.78, 5) is 22.5. The fourth-order valence-corrected chi connectivity index (χ4v) is 4.68. The van der Waals surface area contributed by atoms with Gasteiger partial charge in [-0.3, -0.25) is 4.79 Å². The molecule has 0 aliphatic carbocycles. The molecule has 1 aliphatic heterocycles. The number of nitrogens with zero attached hydrogens (tertiary/aromatic N) is 3. The molecule has 1 aliphatic rings. The van der Waals surface area contributed by atoms with E-state index < -0.39 is 0 Å². The number of amides is 1. The van der Waals surface area contributed by atoms with Crippen molar-refractivity contribution < 1.29 is 4.79 Å². The normalized spacial score (nSPS) is 16.2. The third kappa shape index (κ3) is 4.40. The van der Waals surface area contributed by atoms with Gasteiger partial charge in [-0.2, -0.15) is 0 Å². The fraction of sp³-hybridized carbons (Fsp3) is 0.529. The molecule has 6 heteroatoms. The Hall–Kier alpha value is -1.24. The monoisotopic (exact) mass is 349 g/mol. The molecule has 4 nitrogen and oxygen atoms in total.